The Balaban J connectivity index is 1.56. The van der Waals surface area contributed by atoms with Crippen LogP contribution in [0.4, 0.5) is 11.4 Å². The average molecular weight is 467 g/mol. The van der Waals surface area contributed by atoms with Crippen LogP contribution in [0.3, 0.4) is 0 Å². The van der Waals surface area contributed by atoms with E-state index in [1.807, 2.05) is 67.3 Å². The topological polar surface area (TPSA) is 73.9 Å². The maximum Gasteiger partial charge on any atom is 0.250 e. The van der Waals surface area contributed by atoms with Crippen LogP contribution in [0.25, 0.3) is 6.08 Å². The number of para-hydroxylation sites is 2. The third kappa shape index (κ3) is 6.79. The van der Waals surface area contributed by atoms with Gasteiger partial charge in [0.05, 0.1) is 18.5 Å². The van der Waals surface area contributed by atoms with Crippen LogP contribution in [0.5, 0.6) is 5.75 Å². The van der Waals surface area contributed by atoms with Gasteiger partial charge in [-0.2, -0.15) is 0 Å². The summed E-state index contributed by atoms with van der Waals surface area (Å²) in [6, 6.07) is 15.2. The zero-order valence-corrected chi connectivity index (χ0v) is 20.0. The van der Waals surface area contributed by atoms with Gasteiger partial charge in [0, 0.05) is 38.2 Å². The van der Waals surface area contributed by atoms with E-state index in [2.05, 4.69) is 15.5 Å². The molecule has 3 rings (SSSR count). The normalized spacial score (nSPS) is 13.8. The zero-order valence-electron chi connectivity index (χ0n) is 19.2. The first-order valence-corrected chi connectivity index (χ1v) is 11.3. The van der Waals surface area contributed by atoms with Gasteiger partial charge in [0.25, 0.3) is 0 Å². The molecule has 1 heterocycles. The lowest BCUT2D eigenvalue weighted by atomic mass is 10.1. The van der Waals surface area contributed by atoms with E-state index in [1.165, 1.54) is 6.08 Å². The molecule has 0 radical (unpaired) electrons. The standard InChI is InChI=1S/C25H30N4O3S/c1-18(2)24(31)29-16-14-28(15-17-29)22-7-5-4-6-21(22)26-25(33)27-23(30)13-10-19-8-11-20(32-3)12-9-19/h4-13,18H,14-17H2,1-3H3,(H2,26,27,30,33)/b13-10+. The molecule has 2 aromatic carbocycles. The van der Waals surface area contributed by atoms with Crippen LogP contribution >= 0.6 is 12.2 Å². The monoisotopic (exact) mass is 466 g/mol. The lowest BCUT2D eigenvalue weighted by Crippen LogP contribution is -2.50. The van der Waals surface area contributed by atoms with Gasteiger partial charge in [0.1, 0.15) is 5.75 Å². The fourth-order valence-electron chi connectivity index (χ4n) is 3.58. The molecule has 8 heteroatoms. The van der Waals surface area contributed by atoms with Gasteiger partial charge in [-0.25, -0.2) is 0 Å². The summed E-state index contributed by atoms with van der Waals surface area (Å²) in [6.07, 6.45) is 3.15. The molecule has 1 aliphatic heterocycles. The van der Waals surface area contributed by atoms with Gasteiger partial charge < -0.3 is 19.9 Å². The number of carbonyl (C=O) groups excluding carboxylic acids is 2. The van der Waals surface area contributed by atoms with E-state index in [1.54, 1.807) is 13.2 Å². The summed E-state index contributed by atoms with van der Waals surface area (Å²) in [5.41, 5.74) is 2.68. The lowest BCUT2D eigenvalue weighted by molar-refractivity contribution is -0.134. The van der Waals surface area contributed by atoms with E-state index in [0.29, 0.717) is 13.1 Å². The van der Waals surface area contributed by atoms with Crippen molar-refractivity contribution in [3.63, 3.8) is 0 Å². The molecule has 0 atom stereocenters. The molecule has 0 saturated carbocycles. The number of hydrogen-bond donors (Lipinski definition) is 2. The summed E-state index contributed by atoms with van der Waals surface area (Å²) in [7, 11) is 1.61. The number of piperazine rings is 1. The molecule has 0 bridgehead atoms. The Labute approximate surface area is 200 Å². The number of benzene rings is 2. The van der Waals surface area contributed by atoms with Crippen LogP contribution in [-0.4, -0.2) is 55.1 Å². The maximum atomic E-state index is 12.3. The number of amides is 2. The molecule has 2 N–H and O–H groups in total. The molecule has 7 nitrogen and oxygen atoms in total. The lowest BCUT2D eigenvalue weighted by Gasteiger charge is -2.37. The SMILES string of the molecule is COc1ccc(/C=C/C(=O)NC(=S)Nc2ccccc2N2CCN(C(=O)C(C)C)CC2)cc1. The second kappa shape index (κ2) is 11.5. The first-order valence-electron chi connectivity index (χ1n) is 10.9. The van der Waals surface area contributed by atoms with Crippen molar-refractivity contribution >= 4 is 46.6 Å². The Morgan fingerprint density at radius 1 is 1.03 bits per heavy atom. The second-order valence-corrected chi connectivity index (χ2v) is 8.44. The van der Waals surface area contributed by atoms with Gasteiger partial charge in [-0.05, 0) is 48.1 Å². The highest BCUT2D eigenvalue weighted by molar-refractivity contribution is 7.80. The van der Waals surface area contributed by atoms with Crippen molar-refractivity contribution < 1.29 is 14.3 Å². The second-order valence-electron chi connectivity index (χ2n) is 8.03. The number of thiocarbonyl (C=S) groups is 1. The van der Waals surface area contributed by atoms with E-state index < -0.39 is 0 Å². The van der Waals surface area contributed by atoms with Crippen LogP contribution in [0.1, 0.15) is 19.4 Å². The van der Waals surface area contributed by atoms with E-state index in [9.17, 15) is 9.59 Å². The van der Waals surface area contributed by atoms with Crippen molar-refractivity contribution in [1.29, 1.82) is 0 Å². The molecule has 0 spiro atoms. The summed E-state index contributed by atoms with van der Waals surface area (Å²) < 4.78 is 5.13. The molecule has 1 aliphatic rings. The van der Waals surface area contributed by atoms with Gasteiger partial charge >= 0.3 is 0 Å². The number of anilines is 2. The van der Waals surface area contributed by atoms with Crippen LogP contribution in [0.15, 0.2) is 54.6 Å². The Kier molecular flexibility index (Phi) is 8.43. The van der Waals surface area contributed by atoms with Gasteiger partial charge in [0.15, 0.2) is 5.11 Å². The van der Waals surface area contributed by atoms with Gasteiger partial charge in [-0.1, -0.05) is 38.1 Å². The Bertz CT molecular complexity index is 1010. The molecular weight excluding hydrogens is 436 g/mol. The first kappa shape index (κ1) is 24.3. The Hall–Kier alpha value is -3.39. The first-order chi connectivity index (χ1) is 15.9. The molecule has 0 unspecified atom stereocenters. The van der Waals surface area contributed by atoms with Crippen molar-refractivity contribution in [2.45, 2.75) is 13.8 Å². The quantitative estimate of drug-likeness (QED) is 0.501. The van der Waals surface area contributed by atoms with Crippen molar-refractivity contribution in [3.8, 4) is 5.75 Å². The van der Waals surface area contributed by atoms with E-state index in [-0.39, 0.29) is 22.8 Å². The molecule has 33 heavy (non-hydrogen) atoms. The molecule has 2 aromatic rings. The molecule has 1 saturated heterocycles. The van der Waals surface area contributed by atoms with Crippen molar-refractivity contribution in [1.82, 2.24) is 10.2 Å². The van der Waals surface area contributed by atoms with Crippen LogP contribution in [-0.2, 0) is 9.59 Å². The van der Waals surface area contributed by atoms with Crippen molar-refractivity contribution in [2.24, 2.45) is 5.92 Å². The summed E-state index contributed by atoms with van der Waals surface area (Å²) in [6.45, 7) is 6.69. The maximum absolute atomic E-state index is 12.3. The highest BCUT2D eigenvalue weighted by Crippen LogP contribution is 2.27. The van der Waals surface area contributed by atoms with E-state index in [0.717, 1.165) is 35.8 Å². The number of carbonyl (C=O) groups is 2. The minimum absolute atomic E-state index is 0.00487. The summed E-state index contributed by atoms with van der Waals surface area (Å²) in [5, 5.41) is 6.04. The summed E-state index contributed by atoms with van der Waals surface area (Å²) in [5.74, 6) is 0.632. The van der Waals surface area contributed by atoms with Crippen molar-refractivity contribution in [2.75, 3.05) is 43.5 Å². The van der Waals surface area contributed by atoms with Gasteiger partial charge in [-0.3, -0.25) is 14.9 Å². The van der Waals surface area contributed by atoms with Crippen molar-refractivity contribution in [3.05, 3.63) is 60.2 Å². The largest absolute Gasteiger partial charge is 0.497 e. The Morgan fingerprint density at radius 3 is 2.33 bits per heavy atom. The third-order valence-electron chi connectivity index (χ3n) is 5.36. The van der Waals surface area contributed by atoms with Crippen LogP contribution in [0, 0.1) is 5.92 Å². The molecular formula is C25H30N4O3S. The number of nitrogens with zero attached hydrogens (tertiary/aromatic N) is 2. The molecule has 0 aromatic heterocycles. The zero-order chi connectivity index (χ0) is 23.8. The molecule has 0 aliphatic carbocycles. The number of ether oxygens (including phenoxy) is 1. The highest BCUT2D eigenvalue weighted by Gasteiger charge is 2.24. The Morgan fingerprint density at radius 2 is 1.70 bits per heavy atom. The number of hydrogen-bond acceptors (Lipinski definition) is 5. The fraction of sp³-hybridized carbons (Fsp3) is 0.320. The van der Waals surface area contributed by atoms with Crippen LogP contribution < -0.4 is 20.3 Å². The van der Waals surface area contributed by atoms with E-state index >= 15 is 0 Å². The average Bonchev–Trinajstić information content (AvgIpc) is 2.83. The minimum atomic E-state index is -0.318. The summed E-state index contributed by atoms with van der Waals surface area (Å²) in [4.78, 5) is 28.7. The van der Waals surface area contributed by atoms with Crippen LogP contribution in [0.2, 0.25) is 0 Å². The third-order valence-corrected chi connectivity index (χ3v) is 5.56. The predicted octanol–water partition coefficient (Wildman–Crippen LogP) is 3.53. The minimum Gasteiger partial charge on any atom is -0.497 e. The number of methoxy groups -OCH3 is 1. The number of rotatable bonds is 6. The van der Waals surface area contributed by atoms with E-state index in [4.69, 9.17) is 17.0 Å². The predicted molar refractivity (Wildman–Crippen MR) is 136 cm³/mol. The van der Waals surface area contributed by atoms with Gasteiger partial charge in [0.2, 0.25) is 11.8 Å². The molecule has 2 amide bonds. The number of nitrogens with one attached hydrogen (secondary N) is 2. The molecule has 174 valence electrons. The highest BCUT2D eigenvalue weighted by atomic mass is 32.1. The smallest absolute Gasteiger partial charge is 0.250 e. The molecule has 1 fully saturated rings. The summed E-state index contributed by atoms with van der Waals surface area (Å²) >= 11 is 5.35. The van der Waals surface area contributed by atoms with Gasteiger partial charge in [-0.15, -0.1) is 0 Å². The fourth-order valence-corrected chi connectivity index (χ4v) is 3.79.